The molecule has 0 aliphatic carbocycles. The number of hydrogen-bond donors (Lipinski definition) is 1. The molecule has 1 amide bonds. The molecule has 0 spiro atoms. The number of hydrogen-bond acceptors (Lipinski definition) is 4. The van der Waals surface area contributed by atoms with E-state index in [1.807, 2.05) is 0 Å². The van der Waals surface area contributed by atoms with Crippen molar-refractivity contribution in [3.05, 3.63) is 35.4 Å². The van der Waals surface area contributed by atoms with E-state index in [-0.39, 0.29) is 24.4 Å². The summed E-state index contributed by atoms with van der Waals surface area (Å²) < 4.78 is 51.2. The van der Waals surface area contributed by atoms with Crippen molar-refractivity contribution in [3.8, 4) is 0 Å². The van der Waals surface area contributed by atoms with Crippen molar-refractivity contribution in [1.29, 1.82) is 0 Å². The molecule has 6 nitrogen and oxygen atoms in total. The Morgan fingerprint density at radius 1 is 1.26 bits per heavy atom. The summed E-state index contributed by atoms with van der Waals surface area (Å²) in [5.74, 6) is -3.35. The zero-order valence-electron chi connectivity index (χ0n) is 12.7. The van der Waals surface area contributed by atoms with Crippen molar-refractivity contribution in [3.63, 3.8) is 0 Å². The topological polar surface area (TPSA) is 77.9 Å². The summed E-state index contributed by atoms with van der Waals surface area (Å²) in [6.45, 7) is -0.0736. The number of likely N-dealkylation sites (tertiary alicyclic amines) is 1. The van der Waals surface area contributed by atoms with Gasteiger partial charge in [-0.3, -0.25) is 4.79 Å². The fourth-order valence-corrected chi connectivity index (χ4v) is 3.63. The first-order valence-corrected chi connectivity index (χ1v) is 8.54. The Kier molecular flexibility index (Phi) is 5.02. The summed E-state index contributed by atoms with van der Waals surface area (Å²) in [7, 11) is -0.758. The first kappa shape index (κ1) is 17.8. The minimum atomic E-state index is -3.53. The number of nitrogens with zero attached hydrogens (tertiary/aromatic N) is 2. The molecule has 1 aromatic rings. The quantitative estimate of drug-likeness (QED) is 0.848. The lowest BCUT2D eigenvalue weighted by Gasteiger charge is -2.18. The van der Waals surface area contributed by atoms with Crippen LogP contribution in [0.4, 0.5) is 8.78 Å². The van der Waals surface area contributed by atoms with Crippen LogP contribution in [0.2, 0.25) is 0 Å². The van der Waals surface area contributed by atoms with Gasteiger partial charge in [-0.25, -0.2) is 21.5 Å². The molecule has 1 fully saturated rings. The van der Waals surface area contributed by atoms with Crippen LogP contribution in [0, 0.1) is 17.6 Å². The molecule has 0 bridgehead atoms. The Hall–Kier alpha value is -1.58. The van der Waals surface area contributed by atoms with E-state index in [1.54, 1.807) is 0 Å². The highest BCUT2D eigenvalue weighted by Gasteiger charge is 2.37. The number of sulfonamides is 1. The van der Waals surface area contributed by atoms with Crippen LogP contribution in [0.15, 0.2) is 18.2 Å². The minimum Gasteiger partial charge on any atom is -0.391 e. The van der Waals surface area contributed by atoms with E-state index < -0.39 is 39.6 Å². The lowest BCUT2D eigenvalue weighted by atomic mass is 10.1. The van der Waals surface area contributed by atoms with Crippen molar-refractivity contribution in [2.45, 2.75) is 6.10 Å². The van der Waals surface area contributed by atoms with Gasteiger partial charge in [-0.05, 0) is 12.1 Å². The smallest absolute Gasteiger partial charge is 0.254 e. The summed E-state index contributed by atoms with van der Waals surface area (Å²) >= 11 is 0. The van der Waals surface area contributed by atoms with Crippen LogP contribution in [0.5, 0.6) is 0 Å². The summed E-state index contributed by atoms with van der Waals surface area (Å²) in [4.78, 5) is 13.5. The third-order valence-electron chi connectivity index (χ3n) is 3.78. The molecule has 1 saturated heterocycles. The molecule has 1 aromatic carbocycles. The van der Waals surface area contributed by atoms with Crippen LogP contribution in [0.3, 0.4) is 0 Å². The average molecular weight is 348 g/mol. The molecule has 23 heavy (non-hydrogen) atoms. The Morgan fingerprint density at radius 2 is 1.83 bits per heavy atom. The maximum Gasteiger partial charge on any atom is 0.254 e. The molecule has 0 saturated carbocycles. The number of aliphatic hydroxyl groups excluding tert-OH is 1. The summed E-state index contributed by atoms with van der Waals surface area (Å²) in [6.07, 6.45) is -1.01. The van der Waals surface area contributed by atoms with Crippen LogP contribution < -0.4 is 0 Å². The third-order valence-corrected chi connectivity index (χ3v) is 5.75. The second-order valence-corrected chi connectivity index (χ2v) is 7.98. The Morgan fingerprint density at radius 3 is 2.35 bits per heavy atom. The van der Waals surface area contributed by atoms with Crippen molar-refractivity contribution < 1.29 is 27.1 Å². The number of benzene rings is 1. The number of carbonyl (C=O) groups excluding carboxylic acids is 1. The average Bonchev–Trinajstić information content (AvgIpc) is 2.77. The SMILES string of the molecule is CN(C)S(=O)(=O)C[C@@H]1CN(C(=O)c2cc(F)cc(F)c2)C[C@H]1O. The van der Waals surface area contributed by atoms with Crippen molar-refractivity contribution in [2.24, 2.45) is 5.92 Å². The zero-order chi connectivity index (χ0) is 17.4. The highest BCUT2D eigenvalue weighted by Crippen LogP contribution is 2.22. The molecule has 9 heteroatoms. The Labute approximate surface area is 133 Å². The number of amides is 1. The molecule has 0 aromatic heterocycles. The van der Waals surface area contributed by atoms with Crippen LogP contribution in [-0.2, 0) is 10.0 Å². The maximum absolute atomic E-state index is 13.2. The largest absolute Gasteiger partial charge is 0.391 e. The van der Waals surface area contributed by atoms with Gasteiger partial charge in [0.15, 0.2) is 0 Å². The predicted molar refractivity (Wildman–Crippen MR) is 79.2 cm³/mol. The van der Waals surface area contributed by atoms with Crippen LogP contribution in [0.25, 0.3) is 0 Å². The summed E-state index contributed by atoms with van der Waals surface area (Å²) in [5, 5.41) is 9.98. The normalized spacial score (nSPS) is 21.9. The number of β-amino-alcohol motifs (C(OH)–C–C–N with tert-alkyl or cyclic N) is 1. The maximum atomic E-state index is 13.2. The molecule has 1 heterocycles. The van der Waals surface area contributed by atoms with Crippen molar-refractivity contribution in [2.75, 3.05) is 32.9 Å². The number of carbonyl (C=O) groups is 1. The van der Waals surface area contributed by atoms with E-state index in [0.717, 1.165) is 16.4 Å². The predicted octanol–water partition coefficient (Wildman–Crippen LogP) is 0.289. The lowest BCUT2D eigenvalue weighted by molar-refractivity contribution is 0.0763. The molecule has 2 atom stereocenters. The highest BCUT2D eigenvalue weighted by molar-refractivity contribution is 7.89. The van der Waals surface area contributed by atoms with Gasteiger partial charge in [0.25, 0.3) is 5.91 Å². The van der Waals surface area contributed by atoms with Gasteiger partial charge in [0.05, 0.1) is 11.9 Å². The van der Waals surface area contributed by atoms with E-state index in [0.29, 0.717) is 6.07 Å². The first-order chi connectivity index (χ1) is 10.6. The zero-order valence-corrected chi connectivity index (χ0v) is 13.6. The molecule has 128 valence electrons. The molecule has 1 aliphatic rings. The molecule has 1 aliphatic heterocycles. The van der Waals surface area contributed by atoms with Gasteiger partial charge in [-0.2, -0.15) is 0 Å². The van der Waals surface area contributed by atoms with Gasteiger partial charge in [0.1, 0.15) is 11.6 Å². The van der Waals surface area contributed by atoms with Gasteiger partial charge in [-0.15, -0.1) is 0 Å². The van der Waals surface area contributed by atoms with Crippen LogP contribution in [-0.4, -0.2) is 67.7 Å². The Bertz CT molecular complexity index is 688. The van der Waals surface area contributed by atoms with Crippen LogP contribution >= 0.6 is 0 Å². The highest BCUT2D eigenvalue weighted by atomic mass is 32.2. The van der Waals surface area contributed by atoms with Gasteiger partial charge in [0.2, 0.25) is 10.0 Å². The second-order valence-electron chi connectivity index (χ2n) is 5.76. The first-order valence-electron chi connectivity index (χ1n) is 6.94. The van der Waals surface area contributed by atoms with Crippen LogP contribution in [0.1, 0.15) is 10.4 Å². The monoisotopic (exact) mass is 348 g/mol. The molecular formula is C14H18F2N2O4S. The van der Waals surface area contributed by atoms with Gasteiger partial charge in [0, 0.05) is 44.7 Å². The van der Waals surface area contributed by atoms with E-state index in [2.05, 4.69) is 0 Å². The molecule has 0 unspecified atom stereocenters. The standard InChI is InChI=1S/C14H18F2N2O4S/c1-17(2)23(21,22)8-10-6-18(7-13(10)19)14(20)9-3-11(15)5-12(16)4-9/h3-5,10,13,19H,6-8H2,1-2H3/t10-,13+/m0/s1. The Balaban J connectivity index is 2.13. The van der Waals surface area contributed by atoms with E-state index in [4.69, 9.17) is 0 Å². The summed E-state index contributed by atoms with van der Waals surface area (Å²) in [5.41, 5.74) is -0.175. The van der Waals surface area contributed by atoms with E-state index in [1.165, 1.54) is 19.0 Å². The fourth-order valence-electron chi connectivity index (χ4n) is 2.46. The number of aliphatic hydroxyl groups is 1. The molecular weight excluding hydrogens is 330 g/mol. The van der Waals surface area contributed by atoms with Gasteiger partial charge >= 0.3 is 0 Å². The summed E-state index contributed by atoms with van der Waals surface area (Å²) in [6, 6.07) is 2.46. The van der Waals surface area contributed by atoms with Gasteiger partial charge < -0.3 is 10.0 Å². The molecule has 1 N–H and O–H groups in total. The molecule has 2 rings (SSSR count). The number of halogens is 2. The second kappa shape index (κ2) is 6.50. The number of rotatable bonds is 4. The van der Waals surface area contributed by atoms with Crippen molar-refractivity contribution in [1.82, 2.24) is 9.21 Å². The fraction of sp³-hybridized carbons (Fsp3) is 0.500. The lowest BCUT2D eigenvalue weighted by Crippen LogP contribution is -2.33. The minimum absolute atomic E-state index is 0.00516. The van der Waals surface area contributed by atoms with E-state index >= 15 is 0 Å². The van der Waals surface area contributed by atoms with Gasteiger partial charge in [-0.1, -0.05) is 0 Å². The molecule has 0 radical (unpaired) electrons. The third kappa shape index (κ3) is 4.04. The van der Waals surface area contributed by atoms with Crippen molar-refractivity contribution >= 4 is 15.9 Å². The van der Waals surface area contributed by atoms with E-state index in [9.17, 15) is 27.1 Å².